The number of para-hydroxylation sites is 2. The Bertz CT molecular complexity index is 3450. The monoisotopic (exact) mass is 942 g/mol. The first-order valence-electron chi connectivity index (χ1n) is 23.3. The Labute approximate surface area is 419 Å². The predicted octanol–water partition coefficient (Wildman–Crippen LogP) is 12.9. The molecule has 12 aromatic rings. The van der Waals surface area contributed by atoms with Crippen molar-refractivity contribution < 1.29 is 4.74 Å². The Morgan fingerprint density at radius 1 is 0.205 bits per heavy atom. The summed E-state index contributed by atoms with van der Waals surface area (Å²) in [6.07, 6.45) is 6.14. The van der Waals surface area contributed by atoms with Gasteiger partial charge in [0.15, 0.2) is 46.6 Å². The van der Waals surface area contributed by atoms with Gasteiger partial charge in [-0.1, -0.05) is 158 Å². The topological polar surface area (TPSA) is 164 Å². The van der Waals surface area contributed by atoms with Crippen LogP contribution >= 0.6 is 0 Å². The van der Waals surface area contributed by atoms with E-state index >= 15 is 0 Å². The molecule has 0 aliphatic rings. The molecule has 344 valence electrons. The minimum Gasteiger partial charge on any atom is -0.456 e. The van der Waals surface area contributed by atoms with E-state index in [0.29, 0.717) is 58.1 Å². The van der Waals surface area contributed by atoms with Crippen molar-refractivity contribution in [3.8, 4) is 125 Å². The number of nitrogens with zero attached hydrogens (tertiary/aromatic N) is 12. The lowest BCUT2D eigenvalue weighted by Gasteiger charge is -2.17. The molecular weight excluding hydrogens is 905 g/mol. The molecule has 13 heteroatoms. The molecule has 0 saturated heterocycles. The summed E-state index contributed by atoms with van der Waals surface area (Å²) in [4.78, 5) is 56.6. The van der Waals surface area contributed by atoms with Gasteiger partial charge in [0, 0.05) is 55.6 Å². The minimum absolute atomic E-state index is 0.483. The van der Waals surface area contributed by atoms with E-state index in [-0.39, 0.29) is 0 Å². The quantitative estimate of drug-likeness (QED) is 0.114. The van der Waals surface area contributed by atoms with Gasteiger partial charge in [-0.05, 0) is 59.7 Å². The summed E-state index contributed by atoms with van der Waals surface area (Å²) in [5.74, 6) is 5.34. The molecule has 0 bridgehead atoms. The highest BCUT2D eigenvalue weighted by atomic mass is 16.5. The van der Waals surface area contributed by atoms with Crippen molar-refractivity contribution in [3.05, 3.63) is 232 Å². The first kappa shape index (κ1) is 43.9. The van der Waals surface area contributed by atoms with Gasteiger partial charge in [-0.25, -0.2) is 59.8 Å². The lowest BCUT2D eigenvalue weighted by Crippen LogP contribution is -1.99. The van der Waals surface area contributed by atoms with E-state index in [2.05, 4.69) is 39.9 Å². The van der Waals surface area contributed by atoms with E-state index in [1.165, 1.54) is 25.3 Å². The van der Waals surface area contributed by atoms with Gasteiger partial charge in [0.05, 0.1) is 0 Å². The molecule has 0 N–H and O–H groups in total. The first-order chi connectivity index (χ1) is 36.1. The lowest BCUT2D eigenvalue weighted by atomic mass is 9.97. The maximum absolute atomic E-state index is 7.07. The largest absolute Gasteiger partial charge is 0.456 e. The van der Waals surface area contributed by atoms with Crippen LogP contribution in [0.4, 0.5) is 0 Å². The van der Waals surface area contributed by atoms with Crippen LogP contribution in [-0.2, 0) is 0 Å². The number of benzene rings is 8. The van der Waals surface area contributed by atoms with Crippen molar-refractivity contribution in [2.45, 2.75) is 0 Å². The molecular formula is C60H38N12O. The standard InChI is InChI=1S/C60H38N12O/c1-5-17-39(18-6-1)53-61-35-65-57(69-53)45-29-43(30-46(33-45)58-66-36-62-54(70-58)40-19-7-2-8-20-40)49-25-13-15-27-51(49)73-52-28-16-14-26-50(52)44-31-47(59-67-37-63-55(71-59)41-21-9-3-10-22-41)34-48(32-44)60-68-38-64-56(72-60)42-23-11-4-12-24-42/h1-38H. The van der Waals surface area contributed by atoms with Crippen molar-refractivity contribution in [1.82, 2.24) is 59.8 Å². The van der Waals surface area contributed by atoms with Crippen molar-refractivity contribution in [2.24, 2.45) is 0 Å². The Balaban J connectivity index is 0.975. The van der Waals surface area contributed by atoms with Gasteiger partial charge in [0.25, 0.3) is 0 Å². The summed E-state index contributed by atoms with van der Waals surface area (Å²) in [6, 6.07) is 67.4. The van der Waals surface area contributed by atoms with Crippen LogP contribution in [0.3, 0.4) is 0 Å². The minimum atomic E-state index is 0.483. The average Bonchev–Trinajstić information content (AvgIpc) is 3.48. The molecule has 0 unspecified atom stereocenters. The Morgan fingerprint density at radius 2 is 0.425 bits per heavy atom. The van der Waals surface area contributed by atoms with Gasteiger partial charge in [0.1, 0.15) is 36.8 Å². The molecule has 0 saturated carbocycles. The highest BCUT2D eigenvalue weighted by molar-refractivity contribution is 5.84. The predicted molar refractivity (Wildman–Crippen MR) is 281 cm³/mol. The zero-order valence-corrected chi connectivity index (χ0v) is 38.7. The van der Waals surface area contributed by atoms with Gasteiger partial charge in [0.2, 0.25) is 0 Å². The van der Waals surface area contributed by atoms with E-state index in [1.54, 1.807) is 0 Å². The molecule has 0 aliphatic carbocycles. The van der Waals surface area contributed by atoms with E-state index in [4.69, 9.17) is 24.7 Å². The number of hydrogen-bond acceptors (Lipinski definition) is 13. The second-order valence-electron chi connectivity index (χ2n) is 16.7. The summed E-state index contributed by atoms with van der Waals surface area (Å²) < 4.78 is 7.07. The van der Waals surface area contributed by atoms with E-state index in [9.17, 15) is 0 Å². The number of hydrogen-bond donors (Lipinski definition) is 0. The molecule has 0 atom stereocenters. The van der Waals surface area contributed by atoms with Crippen molar-refractivity contribution in [1.29, 1.82) is 0 Å². The molecule has 73 heavy (non-hydrogen) atoms. The second-order valence-corrected chi connectivity index (χ2v) is 16.7. The van der Waals surface area contributed by atoms with E-state index in [0.717, 1.165) is 66.8 Å². The summed E-state index contributed by atoms with van der Waals surface area (Å²) in [7, 11) is 0. The zero-order valence-electron chi connectivity index (χ0n) is 38.7. The smallest absolute Gasteiger partial charge is 0.163 e. The molecule has 0 amide bonds. The molecule has 12 rings (SSSR count). The van der Waals surface area contributed by atoms with Crippen LogP contribution in [0.25, 0.3) is 113 Å². The van der Waals surface area contributed by atoms with Crippen molar-refractivity contribution in [2.75, 3.05) is 0 Å². The molecule has 0 radical (unpaired) electrons. The van der Waals surface area contributed by atoms with Crippen LogP contribution < -0.4 is 4.74 Å². The molecule has 8 aromatic carbocycles. The fourth-order valence-corrected chi connectivity index (χ4v) is 8.44. The van der Waals surface area contributed by atoms with Crippen molar-refractivity contribution >= 4 is 0 Å². The van der Waals surface area contributed by atoms with Crippen LogP contribution in [-0.4, -0.2) is 59.8 Å². The third-order valence-corrected chi connectivity index (χ3v) is 11.9. The molecule has 0 spiro atoms. The molecule has 4 heterocycles. The summed E-state index contributed by atoms with van der Waals surface area (Å²) in [5, 5.41) is 0. The zero-order chi connectivity index (χ0) is 48.8. The lowest BCUT2D eigenvalue weighted by molar-refractivity contribution is 0.486. The van der Waals surface area contributed by atoms with E-state index < -0.39 is 0 Å². The van der Waals surface area contributed by atoms with Crippen LogP contribution in [0.1, 0.15) is 0 Å². The van der Waals surface area contributed by atoms with Gasteiger partial charge in [-0.2, -0.15) is 0 Å². The maximum Gasteiger partial charge on any atom is 0.163 e. The maximum atomic E-state index is 7.07. The van der Waals surface area contributed by atoms with Crippen LogP contribution in [0.5, 0.6) is 11.5 Å². The van der Waals surface area contributed by atoms with Gasteiger partial charge >= 0.3 is 0 Å². The molecule has 4 aromatic heterocycles. The summed E-state index contributed by atoms with van der Waals surface area (Å²) in [6.45, 7) is 0. The fraction of sp³-hybridized carbons (Fsp3) is 0. The number of aromatic nitrogens is 12. The normalized spacial score (nSPS) is 11.0. The Morgan fingerprint density at radius 3 is 0.699 bits per heavy atom. The fourth-order valence-electron chi connectivity index (χ4n) is 8.44. The average molecular weight is 943 g/mol. The highest BCUT2D eigenvalue weighted by Crippen LogP contribution is 2.42. The first-order valence-corrected chi connectivity index (χ1v) is 23.3. The van der Waals surface area contributed by atoms with Crippen LogP contribution in [0.2, 0.25) is 0 Å². The van der Waals surface area contributed by atoms with Gasteiger partial charge in [-0.3, -0.25) is 0 Å². The third-order valence-electron chi connectivity index (χ3n) is 11.9. The Kier molecular flexibility index (Phi) is 12.0. The highest BCUT2D eigenvalue weighted by Gasteiger charge is 2.19. The second kappa shape index (κ2) is 19.9. The Hall–Kier alpha value is -10.4. The third kappa shape index (κ3) is 9.52. The van der Waals surface area contributed by atoms with Gasteiger partial charge < -0.3 is 4.74 Å². The van der Waals surface area contributed by atoms with Crippen molar-refractivity contribution in [3.63, 3.8) is 0 Å². The molecule has 0 aliphatic heterocycles. The van der Waals surface area contributed by atoms with Crippen LogP contribution in [0, 0.1) is 0 Å². The van der Waals surface area contributed by atoms with E-state index in [1.807, 2.05) is 206 Å². The number of ether oxygens (including phenoxy) is 1. The molecule has 0 fully saturated rings. The summed E-state index contributed by atoms with van der Waals surface area (Å²) in [5.41, 5.74) is 9.68. The number of rotatable bonds is 12. The molecule has 13 nitrogen and oxygen atoms in total. The van der Waals surface area contributed by atoms with Gasteiger partial charge in [-0.15, -0.1) is 0 Å². The summed E-state index contributed by atoms with van der Waals surface area (Å²) >= 11 is 0. The van der Waals surface area contributed by atoms with Crippen LogP contribution in [0.15, 0.2) is 232 Å². The SMILES string of the molecule is c1ccc(-c2ncnc(-c3cc(-c4ncnc(-c5ccccc5)n4)cc(-c4ccccc4Oc4ccccc4-c4cc(-c5ncnc(-c6ccccc6)n5)cc(-c5ncnc(-c6ccccc6)n5)c4)c3)n2)cc1.